The van der Waals surface area contributed by atoms with Crippen LogP contribution in [-0.4, -0.2) is 27.3 Å². The summed E-state index contributed by atoms with van der Waals surface area (Å²) in [5.41, 5.74) is 0.867. The standard InChI is InChI=1S/C15H19NO3.ClH/c1-17-14-8-11-7-12(10-3-5-16-6-4-10)19-13(11)9-15(14)18-2;/h7-10,16H,3-6H2,1-2H3;1H. The molecule has 110 valence electrons. The average Bonchev–Trinajstić information content (AvgIpc) is 2.89. The molecule has 4 nitrogen and oxygen atoms in total. The van der Waals surface area contributed by atoms with Crippen molar-refractivity contribution in [3.05, 3.63) is 24.0 Å². The van der Waals surface area contributed by atoms with E-state index in [-0.39, 0.29) is 12.4 Å². The highest BCUT2D eigenvalue weighted by molar-refractivity contribution is 5.85. The maximum absolute atomic E-state index is 5.99. The molecule has 1 aliphatic heterocycles. The molecule has 20 heavy (non-hydrogen) atoms. The van der Waals surface area contributed by atoms with Gasteiger partial charge in [-0.1, -0.05) is 0 Å². The Kier molecular flexibility index (Phi) is 4.78. The highest BCUT2D eigenvalue weighted by atomic mass is 35.5. The molecule has 0 atom stereocenters. The number of hydrogen-bond acceptors (Lipinski definition) is 4. The van der Waals surface area contributed by atoms with E-state index in [4.69, 9.17) is 13.9 Å². The minimum atomic E-state index is 0. The lowest BCUT2D eigenvalue weighted by Gasteiger charge is -2.20. The molecule has 0 spiro atoms. The van der Waals surface area contributed by atoms with Gasteiger partial charge in [0.15, 0.2) is 11.5 Å². The number of methoxy groups -OCH3 is 2. The maximum Gasteiger partial charge on any atom is 0.164 e. The summed E-state index contributed by atoms with van der Waals surface area (Å²) in [5, 5.41) is 4.45. The van der Waals surface area contributed by atoms with E-state index in [9.17, 15) is 0 Å². The molecular weight excluding hydrogens is 278 g/mol. The normalized spacial score (nSPS) is 15.9. The monoisotopic (exact) mass is 297 g/mol. The Hall–Kier alpha value is -1.39. The van der Waals surface area contributed by atoms with E-state index in [0.29, 0.717) is 11.7 Å². The highest BCUT2D eigenvalue weighted by Gasteiger charge is 2.20. The van der Waals surface area contributed by atoms with Gasteiger partial charge in [0.25, 0.3) is 0 Å². The number of benzene rings is 1. The van der Waals surface area contributed by atoms with Crippen LogP contribution in [0.5, 0.6) is 11.5 Å². The third-order valence-corrected chi connectivity index (χ3v) is 3.78. The molecule has 0 unspecified atom stereocenters. The van der Waals surface area contributed by atoms with Crippen LogP contribution in [0.4, 0.5) is 0 Å². The van der Waals surface area contributed by atoms with E-state index in [1.165, 1.54) is 0 Å². The third-order valence-electron chi connectivity index (χ3n) is 3.78. The van der Waals surface area contributed by atoms with E-state index >= 15 is 0 Å². The van der Waals surface area contributed by atoms with Crippen molar-refractivity contribution in [3.8, 4) is 11.5 Å². The Labute approximate surface area is 124 Å². The smallest absolute Gasteiger partial charge is 0.164 e. The minimum absolute atomic E-state index is 0. The number of hydrogen-bond donors (Lipinski definition) is 1. The molecule has 1 aromatic carbocycles. The number of piperidine rings is 1. The number of nitrogens with one attached hydrogen (secondary N) is 1. The van der Waals surface area contributed by atoms with E-state index in [1.807, 2.05) is 12.1 Å². The number of ether oxygens (including phenoxy) is 2. The summed E-state index contributed by atoms with van der Waals surface area (Å²) >= 11 is 0. The second-order valence-corrected chi connectivity index (χ2v) is 4.92. The van der Waals surface area contributed by atoms with E-state index < -0.39 is 0 Å². The Bertz CT molecular complexity index is 535. The van der Waals surface area contributed by atoms with Gasteiger partial charge in [0, 0.05) is 17.4 Å². The molecule has 0 saturated carbocycles. The number of fused-ring (bicyclic) bond motifs is 1. The molecule has 5 heteroatoms. The summed E-state index contributed by atoms with van der Waals surface area (Å²) in [7, 11) is 3.29. The SMILES string of the molecule is COc1cc2cc(C3CCNCC3)oc2cc1OC.Cl. The quantitative estimate of drug-likeness (QED) is 0.943. The molecular formula is C15H20ClNO3. The van der Waals surface area contributed by atoms with Gasteiger partial charge in [0.1, 0.15) is 11.3 Å². The first-order valence-corrected chi connectivity index (χ1v) is 6.68. The number of halogens is 1. The van der Waals surface area contributed by atoms with Crippen molar-refractivity contribution in [1.29, 1.82) is 0 Å². The Balaban J connectivity index is 0.00000147. The van der Waals surface area contributed by atoms with Gasteiger partial charge in [-0.3, -0.25) is 0 Å². The predicted molar refractivity (Wildman–Crippen MR) is 81.4 cm³/mol. The predicted octanol–water partition coefficient (Wildman–Crippen LogP) is 3.34. The van der Waals surface area contributed by atoms with Crippen LogP contribution in [0.15, 0.2) is 22.6 Å². The van der Waals surface area contributed by atoms with Crippen molar-refractivity contribution < 1.29 is 13.9 Å². The molecule has 1 saturated heterocycles. The lowest BCUT2D eigenvalue weighted by atomic mass is 9.95. The summed E-state index contributed by atoms with van der Waals surface area (Å²) in [4.78, 5) is 0. The van der Waals surface area contributed by atoms with Gasteiger partial charge in [-0.25, -0.2) is 0 Å². The molecule has 0 bridgehead atoms. The van der Waals surface area contributed by atoms with Gasteiger partial charge < -0.3 is 19.2 Å². The van der Waals surface area contributed by atoms with Crippen molar-refractivity contribution in [1.82, 2.24) is 5.32 Å². The van der Waals surface area contributed by atoms with Crippen molar-refractivity contribution in [2.24, 2.45) is 0 Å². The molecule has 0 amide bonds. The number of furan rings is 1. The fourth-order valence-corrected chi connectivity index (χ4v) is 2.69. The summed E-state index contributed by atoms with van der Waals surface area (Å²) in [5.74, 6) is 3.05. The van der Waals surface area contributed by atoms with Gasteiger partial charge in [-0.2, -0.15) is 0 Å². The lowest BCUT2D eigenvalue weighted by Crippen LogP contribution is -2.26. The first-order valence-electron chi connectivity index (χ1n) is 6.68. The van der Waals surface area contributed by atoms with Gasteiger partial charge in [0.05, 0.1) is 14.2 Å². The van der Waals surface area contributed by atoms with Crippen molar-refractivity contribution in [3.63, 3.8) is 0 Å². The summed E-state index contributed by atoms with van der Waals surface area (Å²) in [6, 6.07) is 6.01. The second-order valence-electron chi connectivity index (χ2n) is 4.92. The van der Waals surface area contributed by atoms with Crippen LogP contribution in [0.1, 0.15) is 24.5 Å². The number of rotatable bonds is 3. The molecule has 1 aliphatic rings. The first-order chi connectivity index (χ1) is 9.31. The molecule has 2 heterocycles. The molecule has 1 aromatic heterocycles. The lowest BCUT2D eigenvalue weighted by molar-refractivity contribution is 0.354. The van der Waals surface area contributed by atoms with Crippen LogP contribution < -0.4 is 14.8 Å². The van der Waals surface area contributed by atoms with E-state index in [0.717, 1.165) is 48.4 Å². The Morgan fingerprint density at radius 3 is 2.35 bits per heavy atom. The summed E-state index contributed by atoms with van der Waals surface area (Å²) in [6.45, 7) is 2.13. The zero-order valence-corrected chi connectivity index (χ0v) is 12.6. The fraction of sp³-hybridized carbons (Fsp3) is 0.467. The topological polar surface area (TPSA) is 43.6 Å². The van der Waals surface area contributed by atoms with Crippen LogP contribution >= 0.6 is 12.4 Å². The fourth-order valence-electron chi connectivity index (χ4n) is 2.69. The van der Waals surface area contributed by atoms with Crippen LogP contribution in [0.2, 0.25) is 0 Å². The highest BCUT2D eigenvalue weighted by Crippen LogP contribution is 2.36. The molecule has 2 aromatic rings. The largest absolute Gasteiger partial charge is 0.493 e. The van der Waals surface area contributed by atoms with E-state index in [1.54, 1.807) is 14.2 Å². The molecule has 1 N–H and O–H groups in total. The summed E-state index contributed by atoms with van der Waals surface area (Å²) in [6.07, 6.45) is 2.27. The Morgan fingerprint density at radius 1 is 1.05 bits per heavy atom. The zero-order chi connectivity index (χ0) is 13.2. The third kappa shape index (κ3) is 2.72. The second kappa shape index (κ2) is 6.37. The minimum Gasteiger partial charge on any atom is -0.493 e. The molecule has 0 radical (unpaired) electrons. The van der Waals surface area contributed by atoms with Gasteiger partial charge in [-0.15, -0.1) is 12.4 Å². The zero-order valence-electron chi connectivity index (χ0n) is 11.8. The van der Waals surface area contributed by atoms with Crippen molar-refractivity contribution in [2.75, 3.05) is 27.3 Å². The average molecular weight is 298 g/mol. The van der Waals surface area contributed by atoms with Crippen LogP contribution in [0.3, 0.4) is 0 Å². The molecule has 0 aliphatic carbocycles. The Morgan fingerprint density at radius 2 is 1.70 bits per heavy atom. The maximum atomic E-state index is 5.99. The van der Waals surface area contributed by atoms with Gasteiger partial charge in [-0.05, 0) is 38.1 Å². The van der Waals surface area contributed by atoms with Crippen LogP contribution in [0.25, 0.3) is 11.0 Å². The first kappa shape index (κ1) is 15.0. The molecule has 3 rings (SSSR count). The van der Waals surface area contributed by atoms with Crippen LogP contribution in [-0.2, 0) is 0 Å². The van der Waals surface area contributed by atoms with Crippen molar-refractivity contribution >= 4 is 23.4 Å². The van der Waals surface area contributed by atoms with Gasteiger partial charge >= 0.3 is 0 Å². The summed E-state index contributed by atoms with van der Waals surface area (Å²) < 4.78 is 16.6. The molecule has 1 fully saturated rings. The van der Waals surface area contributed by atoms with E-state index in [2.05, 4.69) is 11.4 Å². The van der Waals surface area contributed by atoms with Crippen molar-refractivity contribution in [2.45, 2.75) is 18.8 Å². The van der Waals surface area contributed by atoms with Crippen LogP contribution in [0, 0.1) is 0 Å². The van der Waals surface area contributed by atoms with Gasteiger partial charge in [0.2, 0.25) is 0 Å².